The summed E-state index contributed by atoms with van der Waals surface area (Å²) < 4.78 is 27.1. The highest BCUT2D eigenvalue weighted by molar-refractivity contribution is 7.89. The van der Waals surface area contributed by atoms with E-state index in [1.807, 2.05) is 6.07 Å². The fourth-order valence-corrected chi connectivity index (χ4v) is 4.21. The minimum Gasteiger partial charge on any atom is -0.387 e. The van der Waals surface area contributed by atoms with E-state index in [4.69, 9.17) is 0 Å². The summed E-state index contributed by atoms with van der Waals surface area (Å²) in [6.07, 6.45) is 5.39. The van der Waals surface area contributed by atoms with Crippen molar-refractivity contribution in [3.05, 3.63) is 24.3 Å². The Hall–Kier alpha value is -1.07. The molecule has 2 rings (SSSR count). The molecule has 19 heavy (non-hydrogen) atoms. The molecule has 1 heterocycles. The molecule has 106 valence electrons. The van der Waals surface area contributed by atoms with Crippen LogP contribution in [0.2, 0.25) is 0 Å². The van der Waals surface area contributed by atoms with Gasteiger partial charge in [-0.2, -0.15) is 4.31 Å². The van der Waals surface area contributed by atoms with E-state index in [2.05, 4.69) is 5.32 Å². The Labute approximate surface area is 115 Å². The number of anilines is 1. The van der Waals surface area contributed by atoms with Gasteiger partial charge >= 0.3 is 0 Å². The predicted molar refractivity (Wildman–Crippen MR) is 77.8 cm³/mol. The Morgan fingerprint density at radius 1 is 1.00 bits per heavy atom. The summed E-state index contributed by atoms with van der Waals surface area (Å²) in [4.78, 5) is 0.387. The van der Waals surface area contributed by atoms with Gasteiger partial charge in [-0.25, -0.2) is 8.42 Å². The molecule has 0 bridgehead atoms. The second kappa shape index (κ2) is 6.39. The fourth-order valence-electron chi connectivity index (χ4n) is 2.50. The van der Waals surface area contributed by atoms with Crippen LogP contribution in [0.25, 0.3) is 0 Å². The van der Waals surface area contributed by atoms with Gasteiger partial charge in [0.15, 0.2) is 0 Å². The molecular weight excluding hydrogens is 260 g/mol. The number of sulfonamides is 1. The molecular formula is C14H22N2O2S. The van der Waals surface area contributed by atoms with Gasteiger partial charge in [-0.1, -0.05) is 31.4 Å². The van der Waals surface area contributed by atoms with Crippen molar-refractivity contribution in [2.45, 2.75) is 37.0 Å². The maximum absolute atomic E-state index is 12.7. The van der Waals surface area contributed by atoms with Gasteiger partial charge in [0.05, 0.1) is 5.69 Å². The van der Waals surface area contributed by atoms with Gasteiger partial charge in [0.25, 0.3) is 0 Å². The number of nitrogens with one attached hydrogen (secondary N) is 1. The van der Waals surface area contributed by atoms with E-state index in [1.54, 1.807) is 29.6 Å². The lowest BCUT2D eigenvalue weighted by Gasteiger charge is -2.25. The average molecular weight is 282 g/mol. The molecule has 1 aromatic carbocycles. The summed E-state index contributed by atoms with van der Waals surface area (Å²) in [6.45, 7) is 1.28. The molecule has 1 aliphatic rings. The first-order valence-corrected chi connectivity index (χ1v) is 8.37. The van der Waals surface area contributed by atoms with E-state index in [0.717, 1.165) is 25.7 Å². The van der Waals surface area contributed by atoms with Crippen LogP contribution >= 0.6 is 0 Å². The Morgan fingerprint density at radius 3 is 2.21 bits per heavy atom. The first-order valence-electron chi connectivity index (χ1n) is 6.93. The molecule has 0 atom stereocenters. The zero-order valence-electron chi connectivity index (χ0n) is 11.4. The molecule has 1 N–H and O–H groups in total. The van der Waals surface area contributed by atoms with Crippen molar-refractivity contribution < 1.29 is 8.42 Å². The van der Waals surface area contributed by atoms with Crippen molar-refractivity contribution in [2.24, 2.45) is 0 Å². The first-order chi connectivity index (χ1) is 9.16. The van der Waals surface area contributed by atoms with E-state index in [-0.39, 0.29) is 0 Å². The van der Waals surface area contributed by atoms with Crippen LogP contribution in [0.15, 0.2) is 29.2 Å². The summed E-state index contributed by atoms with van der Waals surface area (Å²) in [5.41, 5.74) is 0.671. The number of para-hydroxylation sites is 1. The van der Waals surface area contributed by atoms with E-state index < -0.39 is 10.0 Å². The average Bonchev–Trinajstić information content (AvgIpc) is 2.37. The molecule has 1 aliphatic heterocycles. The fraction of sp³-hybridized carbons (Fsp3) is 0.571. The topological polar surface area (TPSA) is 49.4 Å². The van der Waals surface area contributed by atoms with Gasteiger partial charge < -0.3 is 5.32 Å². The monoisotopic (exact) mass is 282 g/mol. The van der Waals surface area contributed by atoms with Crippen LogP contribution in [-0.2, 0) is 10.0 Å². The van der Waals surface area contributed by atoms with Crippen molar-refractivity contribution in [3.8, 4) is 0 Å². The molecule has 4 nitrogen and oxygen atoms in total. The molecule has 0 aromatic heterocycles. The highest BCUT2D eigenvalue weighted by Crippen LogP contribution is 2.25. The van der Waals surface area contributed by atoms with Crippen LogP contribution in [0, 0.1) is 0 Å². The zero-order chi connectivity index (χ0) is 13.7. The van der Waals surface area contributed by atoms with Crippen LogP contribution < -0.4 is 5.32 Å². The summed E-state index contributed by atoms with van der Waals surface area (Å²) >= 11 is 0. The van der Waals surface area contributed by atoms with Crippen LogP contribution in [0.3, 0.4) is 0 Å². The van der Waals surface area contributed by atoms with E-state index in [0.29, 0.717) is 23.7 Å². The standard InChI is InChI=1S/C14H22N2O2S/c1-15-13-9-5-6-10-14(13)19(17,18)16-11-7-3-2-4-8-12-16/h5-6,9-10,15H,2-4,7-8,11-12H2,1H3. The third-order valence-corrected chi connectivity index (χ3v) is 5.55. The van der Waals surface area contributed by atoms with Crippen LogP contribution in [0.5, 0.6) is 0 Å². The van der Waals surface area contributed by atoms with Crippen LogP contribution in [0.4, 0.5) is 5.69 Å². The maximum atomic E-state index is 12.7. The molecule has 1 saturated heterocycles. The number of rotatable bonds is 3. The van der Waals surface area contributed by atoms with E-state index >= 15 is 0 Å². The van der Waals surface area contributed by atoms with Crippen molar-refractivity contribution in [2.75, 3.05) is 25.5 Å². The third-order valence-electron chi connectivity index (χ3n) is 3.59. The van der Waals surface area contributed by atoms with Gasteiger partial charge in [-0.15, -0.1) is 0 Å². The normalized spacial score (nSPS) is 18.6. The Bertz CT molecular complexity index is 506. The largest absolute Gasteiger partial charge is 0.387 e. The third kappa shape index (κ3) is 3.28. The lowest BCUT2D eigenvalue weighted by Crippen LogP contribution is -2.34. The quantitative estimate of drug-likeness (QED) is 0.927. The first kappa shape index (κ1) is 14.3. The molecule has 0 spiro atoms. The molecule has 1 fully saturated rings. The second-order valence-electron chi connectivity index (χ2n) is 4.92. The number of hydrogen-bond donors (Lipinski definition) is 1. The minimum absolute atomic E-state index is 0.387. The van der Waals surface area contributed by atoms with Crippen molar-refractivity contribution >= 4 is 15.7 Å². The Morgan fingerprint density at radius 2 is 1.58 bits per heavy atom. The predicted octanol–water partition coefficient (Wildman–Crippen LogP) is 2.68. The molecule has 0 radical (unpaired) electrons. The van der Waals surface area contributed by atoms with E-state index in [9.17, 15) is 8.42 Å². The van der Waals surface area contributed by atoms with Gasteiger partial charge in [0.1, 0.15) is 4.90 Å². The lowest BCUT2D eigenvalue weighted by atomic mass is 10.1. The maximum Gasteiger partial charge on any atom is 0.245 e. The highest BCUT2D eigenvalue weighted by Gasteiger charge is 2.26. The molecule has 1 aromatic rings. The molecule has 0 amide bonds. The van der Waals surface area contributed by atoms with Crippen molar-refractivity contribution in [1.82, 2.24) is 4.31 Å². The lowest BCUT2D eigenvalue weighted by molar-refractivity contribution is 0.364. The molecule has 5 heteroatoms. The summed E-state index contributed by atoms with van der Waals surface area (Å²) in [6, 6.07) is 7.10. The number of hydrogen-bond acceptors (Lipinski definition) is 3. The number of nitrogens with zero attached hydrogens (tertiary/aromatic N) is 1. The van der Waals surface area contributed by atoms with Gasteiger partial charge in [0.2, 0.25) is 10.0 Å². The summed E-state index contributed by atoms with van der Waals surface area (Å²) in [5, 5.41) is 2.96. The van der Waals surface area contributed by atoms with E-state index in [1.165, 1.54) is 6.42 Å². The van der Waals surface area contributed by atoms with Gasteiger partial charge in [-0.05, 0) is 25.0 Å². The number of benzene rings is 1. The van der Waals surface area contributed by atoms with Gasteiger partial charge in [0, 0.05) is 20.1 Å². The Balaban J connectivity index is 2.29. The SMILES string of the molecule is CNc1ccccc1S(=O)(=O)N1CCCCCCC1. The summed E-state index contributed by atoms with van der Waals surface area (Å²) in [5.74, 6) is 0. The summed E-state index contributed by atoms with van der Waals surface area (Å²) in [7, 11) is -1.62. The molecule has 0 unspecified atom stereocenters. The second-order valence-corrected chi connectivity index (χ2v) is 6.82. The smallest absolute Gasteiger partial charge is 0.245 e. The zero-order valence-corrected chi connectivity index (χ0v) is 12.2. The molecule has 0 saturated carbocycles. The molecule has 0 aliphatic carbocycles. The Kier molecular flexibility index (Phi) is 4.82. The van der Waals surface area contributed by atoms with Crippen molar-refractivity contribution in [3.63, 3.8) is 0 Å². The van der Waals surface area contributed by atoms with Crippen LogP contribution in [-0.4, -0.2) is 32.9 Å². The minimum atomic E-state index is -3.37. The highest BCUT2D eigenvalue weighted by atomic mass is 32.2. The van der Waals surface area contributed by atoms with Crippen molar-refractivity contribution in [1.29, 1.82) is 0 Å². The van der Waals surface area contributed by atoms with Gasteiger partial charge in [-0.3, -0.25) is 0 Å². The van der Waals surface area contributed by atoms with Crippen LogP contribution in [0.1, 0.15) is 32.1 Å².